The zero-order valence-electron chi connectivity index (χ0n) is 13.8. The number of benzene rings is 1. The summed E-state index contributed by atoms with van der Waals surface area (Å²) in [6, 6.07) is 2.67. The highest BCUT2D eigenvalue weighted by Crippen LogP contribution is 2.32. The van der Waals surface area contributed by atoms with Gasteiger partial charge in [0.1, 0.15) is 11.4 Å². The lowest BCUT2D eigenvalue weighted by atomic mass is 10.1. The maximum absolute atomic E-state index is 14.2. The molecule has 5 nitrogen and oxygen atoms in total. The molecule has 0 fully saturated rings. The molecule has 2 aromatic rings. The lowest BCUT2D eigenvalue weighted by molar-refractivity contribution is 0.242. The maximum atomic E-state index is 14.2. The van der Waals surface area contributed by atoms with Crippen LogP contribution in [0.2, 0.25) is 5.02 Å². The van der Waals surface area contributed by atoms with Crippen molar-refractivity contribution in [2.24, 2.45) is 10.9 Å². The van der Waals surface area contributed by atoms with Gasteiger partial charge >= 0.3 is 4.87 Å². The minimum atomic E-state index is -0.540. The van der Waals surface area contributed by atoms with E-state index in [1.807, 2.05) is 18.5 Å². The van der Waals surface area contributed by atoms with Crippen molar-refractivity contribution in [2.75, 3.05) is 0 Å². The van der Waals surface area contributed by atoms with Crippen LogP contribution in [-0.4, -0.2) is 15.5 Å². The van der Waals surface area contributed by atoms with Crippen LogP contribution in [0.4, 0.5) is 10.1 Å². The fourth-order valence-corrected chi connectivity index (χ4v) is 3.72. The third-order valence-electron chi connectivity index (χ3n) is 3.92. The zero-order valence-corrected chi connectivity index (χ0v) is 15.3. The van der Waals surface area contributed by atoms with E-state index >= 15 is 0 Å². The summed E-state index contributed by atoms with van der Waals surface area (Å²) in [6.45, 7) is 7.23. The summed E-state index contributed by atoms with van der Waals surface area (Å²) in [5.74, 6) is 0.253. The number of hydrogen-bond acceptors (Lipinski definition) is 4. The first-order valence-corrected chi connectivity index (χ1v) is 9.09. The summed E-state index contributed by atoms with van der Waals surface area (Å²) in [4.78, 5) is 16.9. The standard InChI is InChI=1S/C16H19ClFN3O2S/c1-4-10-7-20-15(24-16(22)21(20)8-10)19-13-6-14(23-9(2)3)11(17)5-12(13)18/h5-6,9-10H,4,7-8H2,1-3H3/b19-15+. The molecule has 24 heavy (non-hydrogen) atoms. The van der Waals surface area contributed by atoms with Crippen molar-refractivity contribution in [2.45, 2.75) is 46.4 Å². The van der Waals surface area contributed by atoms with E-state index in [0.717, 1.165) is 24.3 Å². The molecule has 130 valence electrons. The van der Waals surface area contributed by atoms with Crippen molar-refractivity contribution in [1.29, 1.82) is 0 Å². The average molecular weight is 372 g/mol. The molecule has 1 aliphatic heterocycles. The SMILES string of the molecule is CCC1Cn2c(=O)s/c(=N/c3cc(OC(C)C)c(Cl)cc3F)n2C1. The fourth-order valence-electron chi connectivity index (χ4n) is 2.67. The Balaban J connectivity index is 2.07. The molecule has 0 saturated heterocycles. The first-order chi connectivity index (χ1) is 11.4. The van der Waals surface area contributed by atoms with Gasteiger partial charge < -0.3 is 4.74 Å². The van der Waals surface area contributed by atoms with Crippen molar-refractivity contribution >= 4 is 28.6 Å². The van der Waals surface area contributed by atoms with E-state index in [1.54, 1.807) is 4.68 Å². The van der Waals surface area contributed by atoms with E-state index in [9.17, 15) is 9.18 Å². The van der Waals surface area contributed by atoms with Gasteiger partial charge in [-0.2, -0.15) is 0 Å². The second-order valence-electron chi connectivity index (χ2n) is 6.10. The van der Waals surface area contributed by atoms with Crippen LogP contribution in [0.25, 0.3) is 0 Å². The molecule has 0 saturated carbocycles. The monoisotopic (exact) mass is 371 g/mol. The second kappa shape index (κ2) is 6.72. The molecule has 0 radical (unpaired) electrons. The van der Waals surface area contributed by atoms with Gasteiger partial charge in [-0.15, -0.1) is 0 Å². The van der Waals surface area contributed by atoms with Crippen LogP contribution < -0.4 is 14.4 Å². The van der Waals surface area contributed by atoms with Crippen molar-refractivity contribution in [3.05, 3.63) is 37.4 Å². The molecule has 1 aromatic carbocycles. The van der Waals surface area contributed by atoms with Gasteiger partial charge in [0, 0.05) is 19.2 Å². The summed E-state index contributed by atoms with van der Waals surface area (Å²) >= 11 is 7.04. The predicted octanol–water partition coefficient (Wildman–Crippen LogP) is 3.56. The summed E-state index contributed by atoms with van der Waals surface area (Å²) in [5.41, 5.74) is 0.118. The maximum Gasteiger partial charge on any atom is 0.325 e. The van der Waals surface area contributed by atoms with Gasteiger partial charge in [-0.1, -0.05) is 18.5 Å². The number of hydrogen-bond donors (Lipinski definition) is 0. The summed E-state index contributed by atoms with van der Waals surface area (Å²) in [6.07, 6.45) is 0.898. The molecule has 1 aromatic heterocycles. The molecule has 1 atom stereocenters. The van der Waals surface area contributed by atoms with E-state index in [2.05, 4.69) is 11.9 Å². The Bertz CT molecular complexity index is 884. The van der Waals surface area contributed by atoms with Crippen LogP contribution in [0.3, 0.4) is 0 Å². The number of ether oxygens (including phenoxy) is 1. The molecular weight excluding hydrogens is 353 g/mol. The van der Waals surface area contributed by atoms with Gasteiger partial charge in [-0.3, -0.25) is 9.48 Å². The number of rotatable bonds is 4. The highest BCUT2D eigenvalue weighted by Gasteiger charge is 2.23. The van der Waals surface area contributed by atoms with Crippen LogP contribution >= 0.6 is 22.9 Å². The third-order valence-corrected chi connectivity index (χ3v) is 5.09. The predicted molar refractivity (Wildman–Crippen MR) is 92.7 cm³/mol. The Labute approximate surface area is 148 Å². The molecule has 0 amide bonds. The Kier molecular flexibility index (Phi) is 4.83. The topological polar surface area (TPSA) is 48.5 Å². The van der Waals surface area contributed by atoms with E-state index in [0.29, 0.717) is 23.0 Å². The number of aromatic nitrogens is 2. The molecule has 0 bridgehead atoms. The van der Waals surface area contributed by atoms with E-state index < -0.39 is 5.82 Å². The van der Waals surface area contributed by atoms with Crippen molar-refractivity contribution in [1.82, 2.24) is 9.36 Å². The van der Waals surface area contributed by atoms with Crippen LogP contribution in [0.1, 0.15) is 27.2 Å². The third kappa shape index (κ3) is 3.28. The van der Waals surface area contributed by atoms with Gasteiger partial charge in [-0.05, 0) is 43.6 Å². The van der Waals surface area contributed by atoms with E-state index in [-0.39, 0.29) is 21.7 Å². The number of nitrogens with zero attached hydrogens (tertiary/aromatic N) is 3. The van der Waals surface area contributed by atoms with Crippen molar-refractivity contribution < 1.29 is 9.13 Å². The van der Waals surface area contributed by atoms with Crippen LogP contribution in [0.15, 0.2) is 21.9 Å². The molecule has 2 heterocycles. The van der Waals surface area contributed by atoms with Crippen molar-refractivity contribution in [3.63, 3.8) is 0 Å². The number of fused-ring (bicyclic) bond motifs is 1. The number of halogens is 2. The van der Waals surface area contributed by atoms with Gasteiger partial charge in [0.2, 0.25) is 4.80 Å². The second-order valence-corrected chi connectivity index (χ2v) is 7.43. The summed E-state index contributed by atoms with van der Waals surface area (Å²) in [5, 5.41) is 0.203. The Morgan fingerprint density at radius 3 is 2.79 bits per heavy atom. The molecule has 0 N–H and O–H groups in total. The molecule has 1 unspecified atom stereocenters. The highest BCUT2D eigenvalue weighted by atomic mass is 35.5. The zero-order chi connectivity index (χ0) is 17.4. The fraction of sp³-hybridized carbons (Fsp3) is 0.500. The van der Waals surface area contributed by atoms with Crippen LogP contribution in [-0.2, 0) is 13.1 Å². The Morgan fingerprint density at radius 2 is 2.12 bits per heavy atom. The van der Waals surface area contributed by atoms with Gasteiger partial charge in [-0.25, -0.2) is 14.1 Å². The van der Waals surface area contributed by atoms with Gasteiger partial charge in [0.15, 0.2) is 5.82 Å². The molecular formula is C16H19ClFN3O2S. The molecule has 0 aliphatic carbocycles. The normalized spacial score (nSPS) is 17.6. The Morgan fingerprint density at radius 1 is 1.42 bits per heavy atom. The minimum Gasteiger partial charge on any atom is -0.489 e. The molecule has 0 spiro atoms. The van der Waals surface area contributed by atoms with Crippen LogP contribution in [0, 0.1) is 11.7 Å². The highest BCUT2D eigenvalue weighted by molar-refractivity contribution is 7.06. The molecule has 3 rings (SSSR count). The first-order valence-electron chi connectivity index (χ1n) is 7.90. The van der Waals surface area contributed by atoms with Crippen LogP contribution in [0.5, 0.6) is 5.75 Å². The van der Waals surface area contributed by atoms with E-state index in [1.165, 1.54) is 12.1 Å². The summed E-state index contributed by atoms with van der Waals surface area (Å²) < 4.78 is 23.3. The largest absolute Gasteiger partial charge is 0.489 e. The van der Waals surface area contributed by atoms with E-state index in [4.69, 9.17) is 16.3 Å². The smallest absolute Gasteiger partial charge is 0.325 e. The Hall–Kier alpha value is -1.60. The molecule has 8 heteroatoms. The first kappa shape index (κ1) is 17.2. The lowest BCUT2D eigenvalue weighted by Gasteiger charge is -2.12. The van der Waals surface area contributed by atoms with Crippen molar-refractivity contribution in [3.8, 4) is 5.75 Å². The lowest BCUT2D eigenvalue weighted by Crippen LogP contribution is -2.19. The summed E-state index contributed by atoms with van der Waals surface area (Å²) in [7, 11) is 0. The van der Waals surface area contributed by atoms with Gasteiger partial charge in [0.05, 0.1) is 11.1 Å². The minimum absolute atomic E-state index is 0.0716. The van der Waals surface area contributed by atoms with Gasteiger partial charge in [0.25, 0.3) is 0 Å². The average Bonchev–Trinajstić information content (AvgIpc) is 3.05. The molecule has 1 aliphatic rings. The quantitative estimate of drug-likeness (QED) is 0.825.